The molecule has 3 aromatic carbocycles. The van der Waals surface area contributed by atoms with Gasteiger partial charge >= 0.3 is 0 Å². The zero-order valence-electron chi connectivity index (χ0n) is 34.6. The number of ether oxygens (including phenoxy) is 2. The van der Waals surface area contributed by atoms with Crippen LogP contribution in [0.3, 0.4) is 0 Å². The number of piperidine rings is 3. The monoisotopic (exact) mass is 826 g/mol. The summed E-state index contributed by atoms with van der Waals surface area (Å²) >= 11 is 0. The van der Waals surface area contributed by atoms with Crippen LogP contribution in [0.2, 0.25) is 0 Å². The van der Waals surface area contributed by atoms with Gasteiger partial charge in [0.25, 0.3) is 11.8 Å². The maximum absolute atomic E-state index is 13.8. The van der Waals surface area contributed by atoms with E-state index in [1.165, 1.54) is 25.5 Å². The first-order chi connectivity index (χ1) is 28.4. The molecule has 1 N–H and O–H groups in total. The van der Waals surface area contributed by atoms with E-state index in [1.807, 2.05) is 13.0 Å². The molecule has 316 valence electrons. The second kappa shape index (κ2) is 18.8. The van der Waals surface area contributed by atoms with Gasteiger partial charge in [0, 0.05) is 18.7 Å². The van der Waals surface area contributed by atoms with Crippen LogP contribution < -0.4 is 14.8 Å². The Labute approximate surface area is 348 Å². The molecule has 0 aromatic heterocycles. The third kappa shape index (κ3) is 10.1. The molecule has 4 amide bonds. The molecule has 1 unspecified atom stereocenters. The molecule has 4 aliphatic heterocycles. The lowest BCUT2D eigenvalue weighted by Gasteiger charge is -2.42. The molecule has 0 aliphatic carbocycles. The second-order valence-electron chi connectivity index (χ2n) is 16.7. The normalized spacial score (nSPS) is 20.5. The van der Waals surface area contributed by atoms with E-state index in [1.54, 1.807) is 30.3 Å². The number of rotatable bonds is 16. The van der Waals surface area contributed by atoms with Crippen LogP contribution >= 0.6 is 0 Å². The summed E-state index contributed by atoms with van der Waals surface area (Å²) in [4.78, 5) is 57.7. The van der Waals surface area contributed by atoms with Crippen LogP contribution in [-0.4, -0.2) is 111 Å². The van der Waals surface area contributed by atoms with E-state index >= 15 is 0 Å². The maximum atomic E-state index is 13.8. The van der Waals surface area contributed by atoms with Gasteiger partial charge in [0.1, 0.15) is 9.84 Å². The summed E-state index contributed by atoms with van der Waals surface area (Å²) in [6.07, 6.45) is 10.7. The fourth-order valence-electron chi connectivity index (χ4n) is 9.48. The first-order valence-corrected chi connectivity index (χ1v) is 23.4. The number of carbonyl (C=O) groups excluding carboxylic acids is 4. The number of nitrogens with zero attached hydrogens (tertiary/aromatic N) is 3. The molecule has 0 bridgehead atoms. The maximum Gasteiger partial charge on any atom is 0.262 e. The lowest BCUT2D eigenvalue weighted by molar-refractivity contribution is -0.134. The van der Waals surface area contributed by atoms with Crippen molar-refractivity contribution in [2.45, 2.75) is 95.1 Å². The average molecular weight is 827 g/mol. The van der Waals surface area contributed by atoms with Crippen LogP contribution in [0.5, 0.6) is 11.5 Å². The molecule has 3 fully saturated rings. The number of amides is 4. The summed E-state index contributed by atoms with van der Waals surface area (Å²) in [6, 6.07) is 18.6. The van der Waals surface area contributed by atoms with Gasteiger partial charge in [0.2, 0.25) is 11.8 Å². The Morgan fingerprint density at radius 3 is 2.17 bits per heavy atom. The summed E-state index contributed by atoms with van der Waals surface area (Å²) in [5.74, 6) is -0.562. The topological polar surface area (TPSA) is 143 Å². The van der Waals surface area contributed by atoms with E-state index in [4.69, 9.17) is 9.47 Å². The van der Waals surface area contributed by atoms with Gasteiger partial charge in [-0.1, -0.05) is 42.8 Å². The Bertz CT molecular complexity index is 2120. The number of imide groups is 2. The third-order valence-electron chi connectivity index (χ3n) is 12.7. The molecule has 7 rings (SSSR count). The highest BCUT2D eigenvalue weighted by Crippen LogP contribution is 2.38. The SMILES string of the molecule is CCOc1cc([C@@H](CS(C)(=O)=O)N2C(=O)c3ccc(CCCCCN4CCC(N5CCC(c6ccc(C7CCC(=O)NC7=O)cc6)CC5)CC4)cc3C2=O)ccc1OC. The number of sulfone groups is 1. The number of carbonyl (C=O) groups is 4. The summed E-state index contributed by atoms with van der Waals surface area (Å²) in [5, 5.41) is 2.47. The predicted molar refractivity (Wildman–Crippen MR) is 226 cm³/mol. The van der Waals surface area contributed by atoms with Crippen molar-refractivity contribution >= 4 is 33.5 Å². The van der Waals surface area contributed by atoms with Crippen LogP contribution in [0.25, 0.3) is 0 Å². The molecule has 0 radical (unpaired) electrons. The van der Waals surface area contributed by atoms with Crippen molar-refractivity contribution in [2.24, 2.45) is 0 Å². The number of benzene rings is 3. The molecule has 13 heteroatoms. The number of aryl methyl sites for hydroxylation is 1. The number of fused-ring (bicyclic) bond motifs is 1. The van der Waals surface area contributed by atoms with Crippen molar-refractivity contribution in [1.82, 2.24) is 20.0 Å². The van der Waals surface area contributed by atoms with Crippen LogP contribution in [0.1, 0.15) is 126 Å². The summed E-state index contributed by atoms with van der Waals surface area (Å²) in [6.45, 7) is 7.74. The molecule has 0 saturated carbocycles. The molecule has 3 aromatic rings. The highest BCUT2D eigenvalue weighted by molar-refractivity contribution is 7.90. The zero-order chi connectivity index (χ0) is 41.7. The zero-order valence-corrected chi connectivity index (χ0v) is 35.4. The first-order valence-electron chi connectivity index (χ1n) is 21.3. The Morgan fingerprint density at radius 1 is 0.780 bits per heavy atom. The van der Waals surface area contributed by atoms with Crippen LogP contribution in [0.15, 0.2) is 60.7 Å². The minimum Gasteiger partial charge on any atom is -0.493 e. The summed E-state index contributed by atoms with van der Waals surface area (Å²) in [7, 11) is -2.07. The lowest BCUT2D eigenvalue weighted by Crippen LogP contribution is -2.47. The van der Waals surface area contributed by atoms with Crippen molar-refractivity contribution < 1.29 is 37.1 Å². The molecular formula is C46H58N4O8S. The number of methoxy groups -OCH3 is 1. The minimum absolute atomic E-state index is 0.179. The number of likely N-dealkylation sites (tertiary alicyclic amines) is 2. The quantitative estimate of drug-likeness (QED) is 0.134. The van der Waals surface area contributed by atoms with E-state index in [2.05, 4.69) is 39.4 Å². The lowest BCUT2D eigenvalue weighted by atomic mass is 9.85. The van der Waals surface area contributed by atoms with Crippen molar-refractivity contribution in [3.05, 3.63) is 94.0 Å². The van der Waals surface area contributed by atoms with Crippen molar-refractivity contribution in [3.63, 3.8) is 0 Å². The smallest absolute Gasteiger partial charge is 0.262 e. The first kappa shape index (κ1) is 42.5. The predicted octanol–water partition coefficient (Wildman–Crippen LogP) is 6.05. The summed E-state index contributed by atoms with van der Waals surface area (Å²) in [5.41, 5.74) is 4.42. The van der Waals surface area contributed by atoms with Gasteiger partial charge in [-0.25, -0.2) is 8.42 Å². The molecular weight excluding hydrogens is 769 g/mol. The van der Waals surface area contributed by atoms with Crippen molar-refractivity contribution in [3.8, 4) is 11.5 Å². The second-order valence-corrected chi connectivity index (χ2v) is 18.9. The van der Waals surface area contributed by atoms with Crippen LogP contribution in [0.4, 0.5) is 0 Å². The van der Waals surface area contributed by atoms with E-state index < -0.39 is 33.4 Å². The number of nitrogens with one attached hydrogen (secondary N) is 1. The Hall–Kier alpha value is -4.59. The Balaban J connectivity index is 0.841. The van der Waals surface area contributed by atoms with E-state index in [0.29, 0.717) is 59.6 Å². The number of hydrogen-bond acceptors (Lipinski definition) is 10. The molecule has 3 saturated heterocycles. The molecule has 12 nitrogen and oxygen atoms in total. The highest BCUT2D eigenvalue weighted by atomic mass is 32.2. The van der Waals surface area contributed by atoms with E-state index in [-0.39, 0.29) is 17.7 Å². The Morgan fingerprint density at radius 2 is 1.49 bits per heavy atom. The third-order valence-corrected chi connectivity index (χ3v) is 13.6. The van der Waals surface area contributed by atoms with Crippen molar-refractivity contribution in [2.75, 3.05) is 58.4 Å². The number of unbranched alkanes of at least 4 members (excludes halogenated alkanes) is 2. The molecule has 0 spiro atoms. The van der Waals surface area contributed by atoms with Gasteiger partial charge < -0.3 is 19.3 Å². The molecule has 2 atom stereocenters. The molecule has 4 heterocycles. The standard InChI is InChI=1S/C46H58N4O8S/c1-4-58-42-29-35(14-17-41(42)57-2)40(30-59(3,55)56)50-45(53)38-15-9-31(28-39(38)46(50)54)8-6-5-7-23-48-24-21-36(22-25-48)49-26-19-33(20-27-49)32-10-12-34(13-11-32)37-16-18-43(51)47-44(37)52/h9-15,17,28-29,33,36-37,40H,4-8,16,18-27,30H2,1-3H3,(H,47,51,52)/t37?,40-/m1/s1. The Kier molecular flexibility index (Phi) is 13.5. The highest BCUT2D eigenvalue weighted by Gasteiger charge is 2.42. The fourth-order valence-corrected chi connectivity index (χ4v) is 10.4. The van der Waals surface area contributed by atoms with Gasteiger partial charge in [-0.2, -0.15) is 0 Å². The van der Waals surface area contributed by atoms with Crippen LogP contribution in [0, 0.1) is 0 Å². The molecule has 59 heavy (non-hydrogen) atoms. The fraction of sp³-hybridized carbons (Fsp3) is 0.522. The van der Waals surface area contributed by atoms with Gasteiger partial charge in [0.15, 0.2) is 11.5 Å². The summed E-state index contributed by atoms with van der Waals surface area (Å²) < 4.78 is 36.3. The van der Waals surface area contributed by atoms with E-state index in [9.17, 15) is 27.6 Å². The molecule has 4 aliphatic rings. The van der Waals surface area contributed by atoms with Gasteiger partial charge in [-0.15, -0.1) is 0 Å². The van der Waals surface area contributed by atoms with Gasteiger partial charge in [-0.3, -0.25) is 29.4 Å². The van der Waals surface area contributed by atoms with E-state index in [0.717, 1.165) is 93.5 Å². The van der Waals surface area contributed by atoms with Crippen LogP contribution in [-0.2, 0) is 25.8 Å². The minimum atomic E-state index is -3.58. The average Bonchev–Trinajstić information content (AvgIpc) is 3.47. The van der Waals surface area contributed by atoms with Crippen molar-refractivity contribution in [1.29, 1.82) is 0 Å². The van der Waals surface area contributed by atoms with Gasteiger partial charge in [0.05, 0.1) is 42.6 Å². The van der Waals surface area contributed by atoms with Gasteiger partial charge in [-0.05, 0) is 143 Å². The number of hydrogen-bond donors (Lipinski definition) is 1. The largest absolute Gasteiger partial charge is 0.493 e.